The molecule has 1 aromatic carbocycles. The molecule has 0 aliphatic heterocycles. The monoisotopic (exact) mass is 321 g/mol. The quantitative estimate of drug-likeness (QED) is 0.611. The molecule has 0 saturated carbocycles. The number of benzene rings is 1. The van der Waals surface area contributed by atoms with Crippen molar-refractivity contribution in [1.29, 1.82) is 0 Å². The third-order valence-corrected chi connectivity index (χ3v) is 2.54. The van der Waals surface area contributed by atoms with Crippen LogP contribution in [0.5, 0.6) is 0 Å². The molecule has 0 aliphatic carbocycles. The highest BCUT2D eigenvalue weighted by Crippen LogP contribution is 2.34. The molecule has 6 heteroatoms. The van der Waals surface area contributed by atoms with E-state index in [9.17, 15) is 13.2 Å². The summed E-state index contributed by atoms with van der Waals surface area (Å²) in [5, 5.41) is 0. The molecule has 0 bridgehead atoms. The molecule has 0 amide bonds. The van der Waals surface area contributed by atoms with Gasteiger partial charge < -0.3 is 0 Å². The molecule has 13 heavy (non-hydrogen) atoms. The van der Waals surface area contributed by atoms with Crippen molar-refractivity contribution in [2.24, 2.45) is 0 Å². The topological polar surface area (TPSA) is 12.0 Å². The van der Waals surface area contributed by atoms with E-state index >= 15 is 0 Å². The van der Waals surface area contributed by atoms with Crippen LogP contribution in [0.4, 0.5) is 18.9 Å². The summed E-state index contributed by atoms with van der Waals surface area (Å²) < 4.78 is 37.0. The Balaban J connectivity index is 3.19. The Bertz CT molecular complexity index is 313. The number of nitrogens with one attached hydrogen (secondary N) is 1. The van der Waals surface area contributed by atoms with Crippen LogP contribution in [0.25, 0.3) is 0 Å². The zero-order valence-electron chi connectivity index (χ0n) is 6.12. The molecule has 0 heterocycles. The van der Waals surface area contributed by atoms with Gasteiger partial charge in [-0.15, -0.1) is 0 Å². The molecule has 1 aromatic rings. The minimum Gasteiger partial charge on any atom is -0.299 e. The SMILES string of the molecule is FC(F)(F)c1cc(NCl)ccc1I. The maximum absolute atomic E-state index is 12.3. The van der Waals surface area contributed by atoms with Gasteiger partial charge in [-0.3, -0.25) is 4.84 Å². The zero-order valence-corrected chi connectivity index (χ0v) is 9.04. The van der Waals surface area contributed by atoms with Gasteiger partial charge in [0.15, 0.2) is 0 Å². The summed E-state index contributed by atoms with van der Waals surface area (Å²) in [7, 11) is 0. The zero-order chi connectivity index (χ0) is 10.1. The van der Waals surface area contributed by atoms with Gasteiger partial charge in [0.05, 0.1) is 5.56 Å². The largest absolute Gasteiger partial charge is 0.417 e. The Labute approximate surface area is 91.5 Å². The van der Waals surface area contributed by atoms with E-state index in [1.54, 1.807) is 22.6 Å². The molecular formula is C7H4ClF3IN. The Morgan fingerprint density at radius 1 is 1.31 bits per heavy atom. The first-order valence-corrected chi connectivity index (χ1v) is 4.64. The first-order chi connectivity index (χ1) is 5.95. The first-order valence-electron chi connectivity index (χ1n) is 3.18. The fourth-order valence-corrected chi connectivity index (χ4v) is 1.56. The van der Waals surface area contributed by atoms with Crippen LogP contribution in [0.2, 0.25) is 0 Å². The maximum atomic E-state index is 12.3. The van der Waals surface area contributed by atoms with Crippen LogP contribution in [0.1, 0.15) is 5.56 Å². The normalized spacial score (nSPS) is 11.5. The van der Waals surface area contributed by atoms with Gasteiger partial charge in [-0.2, -0.15) is 13.2 Å². The summed E-state index contributed by atoms with van der Waals surface area (Å²) in [5.41, 5.74) is -0.451. The van der Waals surface area contributed by atoms with Crippen LogP contribution < -0.4 is 4.84 Å². The van der Waals surface area contributed by atoms with Crippen LogP contribution in [0.15, 0.2) is 18.2 Å². The highest BCUT2D eigenvalue weighted by Gasteiger charge is 2.32. The van der Waals surface area contributed by atoms with E-state index in [1.807, 2.05) is 0 Å². The average molecular weight is 321 g/mol. The fourth-order valence-electron chi connectivity index (χ4n) is 0.801. The lowest BCUT2D eigenvalue weighted by Crippen LogP contribution is -2.07. The van der Waals surface area contributed by atoms with Crippen molar-refractivity contribution in [1.82, 2.24) is 0 Å². The van der Waals surface area contributed by atoms with E-state index < -0.39 is 11.7 Å². The minimum atomic E-state index is -4.33. The molecule has 1 nitrogen and oxygen atoms in total. The van der Waals surface area contributed by atoms with Crippen molar-refractivity contribution in [2.75, 3.05) is 4.84 Å². The summed E-state index contributed by atoms with van der Waals surface area (Å²) in [5.74, 6) is 0. The number of rotatable bonds is 1. The molecule has 0 unspecified atom stereocenters. The van der Waals surface area contributed by atoms with Crippen molar-refractivity contribution >= 4 is 40.1 Å². The van der Waals surface area contributed by atoms with Crippen LogP contribution >= 0.6 is 34.4 Å². The first kappa shape index (κ1) is 10.9. The second kappa shape index (κ2) is 3.91. The lowest BCUT2D eigenvalue weighted by atomic mass is 10.2. The number of hydrogen-bond donors (Lipinski definition) is 1. The molecular weight excluding hydrogens is 317 g/mol. The standard InChI is InChI=1S/C7H4ClF3IN/c8-13-4-1-2-6(12)5(3-4)7(9,10)11/h1-3,13H. The van der Waals surface area contributed by atoms with Gasteiger partial charge in [-0.05, 0) is 40.8 Å². The van der Waals surface area contributed by atoms with Gasteiger partial charge in [0.1, 0.15) is 0 Å². The molecule has 0 aliphatic rings. The second-order valence-corrected chi connectivity index (χ2v) is 3.64. The van der Waals surface area contributed by atoms with Crippen molar-refractivity contribution < 1.29 is 13.2 Å². The summed E-state index contributed by atoms with van der Waals surface area (Å²) in [6.07, 6.45) is -4.33. The molecule has 0 saturated heterocycles. The summed E-state index contributed by atoms with van der Waals surface area (Å²) in [4.78, 5) is 2.14. The third kappa shape index (κ3) is 2.63. The molecule has 0 atom stereocenters. The van der Waals surface area contributed by atoms with Crippen molar-refractivity contribution in [3.05, 3.63) is 27.3 Å². The lowest BCUT2D eigenvalue weighted by molar-refractivity contribution is -0.138. The van der Waals surface area contributed by atoms with Crippen LogP contribution in [0.3, 0.4) is 0 Å². The summed E-state index contributed by atoms with van der Waals surface area (Å²) in [6.45, 7) is 0. The van der Waals surface area contributed by atoms with Crippen LogP contribution in [-0.4, -0.2) is 0 Å². The van der Waals surface area contributed by atoms with Crippen molar-refractivity contribution in [3.8, 4) is 0 Å². The minimum absolute atomic E-state index is 0.153. The van der Waals surface area contributed by atoms with Crippen molar-refractivity contribution in [3.63, 3.8) is 0 Å². The molecule has 0 aromatic heterocycles. The lowest BCUT2D eigenvalue weighted by Gasteiger charge is -2.09. The van der Waals surface area contributed by atoms with Crippen molar-refractivity contribution in [2.45, 2.75) is 6.18 Å². The molecule has 1 N–H and O–H groups in total. The molecule has 1 rings (SSSR count). The average Bonchev–Trinajstić information content (AvgIpc) is 2.03. The number of alkyl halides is 3. The van der Waals surface area contributed by atoms with Gasteiger partial charge in [0.2, 0.25) is 0 Å². The van der Waals surface area contributed by atoms with Gasteiger partial charge in [-0.1, -0.05) is 0 Å². The Morgan fingerprint density at radius 3 is 2.38 bits per heavy atom. The van der Waals surface area contributed by atoms with E-state index in [2.05, 4.69) is 4.84 Å². The Kier molecular flexibility index (Phi) is 3.28. The second-order valence-electron chi connectivity index (χ2n) is 2.29. The molecule has 0 fully saturated rings. The smallest absolute Gasteiger partial charge is 0.299 e. The van der Waals surface area contributed by atoms with Gasteiger partial charge in [0.25, 0.3) is 0 Å². The molecule has 72 valence electrons. The Morgan fingerprint density at radius 2 is 1.92 bits per heavy atom. The number of hydrogen-bond acceptors (Lipinski definition) is 1. The van der Waals surface area contributed by atoms with E-state index in [0.717, 1.165) is 6.07 Å². The predicted molar refractivity (Wildman–Crippen MR) is 53.6 cm³/mol. The van der Waals surface area contributed by atoms with E-state index in [0.29, 0.717) is 0 Å². The van der Waals surface area contributed by atoms with E-state index in [1.165, 1.54) is 12.1 Å². The highest BCUT2D eigenvalue weighted by atomic mass is 127. The van der Waals surface area contributed by atoms with Crippen LogP contribution in [-0.2, 0) is 6.18 Å². The number of halogens is 5. The van der Waals surface area contributed by atoms with Gasteiger partial charge >= 0.3 is 6.18 Å². The van der Waals surface area contributed by atoms with E-state index in [4.69, 9.17) is 11.8 Å². The summed E-state index contributed by atoms with van der Waals surface area (Å²) >= 11 is 6.81. The fraction of sp³-hybridized carbons (Fsp3) is 0.143. The van der Waals surface area contributed by atoms with Gasteiger partial charge in [0, 0.05) is 21.0 Å². The van der Waals surface area contributed by atoms with Crippen LogP contribution in [0, 0.1) is 3.57 Å². The summed E-state index contributed by atoms with van der Waals surface area (Å²) in [6, 6.07) is 3.80. The predicted octanol–water partition coefficient (Wildman–Crippen LogP) is 3.88. The maximum Gasteiger partial charge on any atom is 0.417 e. The van der Waals surface area contributed by atoms with Gasteiger partial charge in [-0.25, -0.2) is 0 Å². The Hall–Kier alpha value is -0.170. The third-order valence-electron chi connectivity index (χ3n) is 1.38. The van der Waals surface area contributed by atoms with E-state index in [-0.39, 0.29) is 9.26 Å². The number of anilines is 1. The molecule has 0 radical (unpaired) electrons. The highest BCUT2D eigenvalue weighted by molar-refractivity contribution is 14.1. The molecule has 0 spiro atoms.